The molecule has 0 aliphatic carbocycles. The molecular formula is C3H4ClF3O2S. The molecule has 7 heteroatoms. The summed E-state index contributed by atoms with van der Waals surface area (Å²) in [4.78, 5) is 0. The highest BCUT2D eigenvalue weighted by molar-refractivity contribution is 8.14. The molecule has 0 fully saturated rings. The van der Waals surface area contributed by atoms with Crippen LogP contribution < -0.4 is 0 Å². The van der Waals surface area contributed by atoms with Gasteiger partial charge >= 0.3 is 0 Å². The van der Waals surface area contributed by atoms with Crippen molar-refractivity contribution in [2.75, 3.05) is 6.67 Å². The van der Waals surface area contributed by atoms with Crippen LogP contribution in [0, 0.1) is 0 Å². The van der Waals surface area contributed by atoms with Crippen LogP contribution in [0.25, 0.3) is 0 Å². The topological polar surface area (TPSA) is 34.1 Å². The second-order valence-electron chi connectivity index (χ2n) is 1.50. The van der Waals surface area contributed by atoms with E-state index in [9.17, 15) is 21.6 Å². The summed E-state index contributed by atoms with van der Waals surface area (Å²) in [5, 5.41) is 0. The standard InChI is InChI=1S/C3H4ClF3O2S/c4-10(8,9)3(7)2(6)1-5/h2-3H,1H2. The fraction of sp³-hybridized carbons (Fsp3) is 1.00. The molecule has 0 rings (SSSR count). The summed E-state index contributed by atoms with van der Waals surface area (Å²) in [5.41, 5.74) is -2.97. The average Bonchev–Trinajstić information content (AvgIpc) is 1.83. The first-order valence-corrected chi connectivity index (χ1v) is 4.54. The van der Waals surface area contributed by atoms with Crippen molar-refractivity contribution in [2.45, 2.75) is 11.7 Å². The van der Waals surface area contributed by atoms with Crippen LogP contribution in [0.5, 0.6) is 0 Å². The molecular weight excluding hydrogens is 193 g/mol. The van der Waals surface area contributed by atoms with E-state index in [2.05, 4.69) is 10.7 Å². The minimum Gasteiger partial charge on any atom is -0.248 e. The molecule has 0 aromatic carbocycles. The number of alkyl halides is 3. The molecule has 0 bridgehead atoms. The van der Waals surface area contributed by atoms with Gasteiger partial charge in [-0.3, -0.25) is 0 Å². The lowest BCUT2D eigenvalue weighted by Crippen LogP contribution is -2.24. The monoisotopic (exact) mass is 196 g/mol. The van der Waals surface area contributed by atoms with Crippen LogP contribution in [0.4, 0.5) is 13.2 Å². The Morgan fingerprint density at radius 3 is 1.90 bits per heavy atom. The van der Waals surface area contributed by atoms with Crippen molar-refractivity contribution >= 4 is 19.7 Å². The summed E-state index contributed by atoms with van der Waals surface area (Å²) in [6, 6.07) is 0. The van der Waals surface area contributed by atoms with E-state index in [1.807, 2.05) is 0 Å². The van der Waals surface area contributed by atoms with Crippen molar-refractivity contribution in [1.29, 1.82) is 0 Å². The van der Waals surface area contributed by atoms with E-state index in [-0.39, 0.29) is 0 Å². The Morgan fingerprint density at radius 1 is 1.40 bits per heavy atom. The highest BCUT2D eigenvalue weighted by atomic mass is 35.7. The molecule has 2 atom stereocenters. The highest BCUT2D eigenvalue weighted by Gasteiger charge is 2.32. The zero-order chi connectivity index (χ0) is 8.36. The van der Waals surface area contributed by atoms with Gasteiger partial charge in [-0.05, 0) is 0 Å². The van der Waals surface area contributed by atoms with Crippen molar-refractivity contribution in [3.8, 4) is 0 Å². The largest absolute Gasteiger partial charge is 0.267 e. The third kappa shape index (κ3) is 2.74. The quantitative estimate of drug-likeness (QED) is 0.635. The van der Waals surface area contributed by atoms with Crippen molar-refractivity contribution in [3.63, 3.8) is 0 Å². The van der Waals surface area contributed by atoms with E-state index in [1.165, 1.54) is 0 Å². The van der Waals surface area contributed by atoms with E-state index in [4.69, 9.17) is 0 Å². The molecule has 0 aromatic rings. The maximum atomic E-state index is 12.0. The lowest BCUT2D eigenvalue weighted by atomic mass is 10.5. The zero-order valence-electron chi connectivity index (χ0n) is 4.60. The molecule has 0 saturated heterocycles. The van der Waals surface area contributed by atoms with Crippen molar-refractivity contribution < 1.29 is 21.6 Å². The predicted octanol–water partition coefficient (Wildman–Crippen LogP) is 1.16. The molecule has 10 heavy (non-hydrogen) atoms. The van der Waals surface area contributed by atoms with Gasteiger partial charge in [0.1, 0.15) is 6.67 Å². The Bertz CT molecular complexity index is 192. The minimum atomic E-state index is -4.62. The molecule has 2 nitrogen and oxygen atoms in total. The SMILES string of the molecule is O=S(=O)(Cl)C(F)C(F)CF. The second kappa shape index (κ2) is 3.43. The number of rotatable bonds is 3. The van der Waals surface area contributed by atoms with Gasteiger partial charge in [-0.1, -0.05) is 0 Å². The van der Waals surface area contributed by atoms with Crippen LogP contribution >= 0.6 is 10.7 Å². The molecule has 0 N–H and O–H groups in total. The Labute approximate surface area is 60.4 Å². The molecule has 0 aliphatic heterocycles. The summed E-state index contributed by atoms with van der Waals surface area (Å²) < 4.78 is 54.8. The Hall–Kier alpha value is 0.0300. The van der Waals surface area contributed by atoms with Gasteiger partial charge in [-0.25, -0.2) is 21.6 Å². The van der Waals surface area contributed by atoms with Gasteiger partial charge in [0.15, 0.2) is 6.17 Å². The lowest BCUT2D eigenvalue weighted by molar-refractivity contribution is 0.187. The van der Waals surface area contributed by atoms with Crippen LogP contribution in [0.3, 0.4) is 0 Å². The van der Waals surface area contributed by atoms with Crippen LogP contribution in [-0.4, -0.2) is 26.8 Å². The van der Waals surface area contributed by atoms with E-state index in [0.29, 0.717) is 0 Å². The normalized spacial score (nSPS) is 18.4. The van der Waals surface area contributed by atoms with Crippen LogP contribution in [0.2, 0.25) is 0 Å². The molecule has 2 unspecified atom stereocenters. The maximum absolute atomic E-state index is 12.0. The van der Waals surface area contributed by atoms with E-state index >= 15 is 0 Å². The van der Waals surface area contributed by atoms with Crippen LogP contribution in [-0.2, 0) is 9.05 Å². The average molecular weight is 197 g/mol. The lowest BCUT2D eigenvalue weighted by Gasteiger charge is -2.04. The third-order valence-corrected chi connectivity index (χ3v) is 2.04. The van der Waals surface area contributed by atoms with Crippen LogP contribution in [0.1, 0.15) is 0 Å². The number of hydrogen-bond acceptors (Lipinski definition) is 2. The summed E-state index contributed by atoms with van der Waals surface area (Å²) in [5.74, 6) is 0. The third-order valence-electron chi connectivity index (χ3n) is 0.701. The zero-order valence-corrected chi connectivity index (χ0v) is 6.17. The van der Waals surface area contributed by atoms with E-state index in [1.54, 1.807) is 0 Å². The van der Waals surface area contributed by atoms with Crippen molar-refractivity contribution in [2.24, 2.45) is 0 Å². The predicted molar refractivity (Wildman–Crippen MR) is 30.5 cm³/mol. The molecule has 0 radical (unpaired) electrons. The summed E-state index contributed by atoms with van der Waals surface area (Å²) in [6.45, 7) is -1.70. The maximum Gasteiger partial charge on any atom is 0.267 e. The molecule has 62 valence electrons. The van der Waals surface area contributed by atoms with Crippen LogP contribution in [0.15, 0.2) is 0 Å². The van der Waals surface area contributed by atoms with Gasteiger partial charge in [0.05, 0.1) is 0 Å². The van der Waals surface area contributed by atoms with Crippen molar-refractivity contribution in [3.05, 3.63) is 0 Å². The van der Waals surface area contributed by atoms with Gasteiger partial charge in [0.25, 0.3) is 9.05 Å². The fourth-order valence-electron chi connectivity index (χ4n) is 0.246. The number of hydrogen-bond donors (Lipinski definition) is 0. The van der Waals surface area contributed by atoms with Gasteiger partial charge in [0, 0.05) is 10.7 Å². The molecule has 0 aliphatic rings. The second-order valence-corrected chi connectivity index (χ2v) is 4.19. The first-order valence-electron chi connectivity index (χ1n) is 2.17. The molecule has 0 saturated carbocycles. The van der Waals surface area contributed by atoms with E-state index < -0.39 is 27.4 Å². The van der Waals surface area contributed by atoms with Gasteiger partial charge in [-0.2, -0.15) is 0 Å². The first-order chi connectivity index (χ1) is 4.39. The molecule has 0 heterocycles. The Morgan fingerprint density at radius 2 is 1.80 bits per heavy atom. The van der Waals surface area contributed by atoms with Gasteiger partial charge < -0.3 is 0 Å². The molecule has 0 amide bonds. The number of halogens is 4. The highest BCUT2D eigenvalue weighted by Crippen LogP contribution is 2.15. The summed E-state index contributed by atoms with van der Waals surface area (Å²) >= 11 is 0. The molecule has 0 aromatic heterocycles. The Kier molecular flexibility index (Phi) is 3.44. The van der Waals surface area contributed by atoms with Crippen molar-refractivity contribution in [1.82, 2.24) is 0 Å². The fourth-order valence-corrected chi connectivity index (χ4v) is 1.01. The van der Waals surface area contributed by atoms with Gasteiger partial charge in [0.2, 0.25) is 5.50 Å². The summed E-state index contributed by atoms with van der Waals surface area (Å²) in [7, 11) is -0.276. The summed E-state index contributed by atoms with van der Waals surface area (Å²) in [6.07, 6.45) is -2.69. The smallest absolute Gasteiger partial charge is 0.248 e. The Balaban J connectivity index is 4.23. The minimum absolute atomic E-state index is 1.70. The van der Waals surface area contributed by atoms with Gasteiger partial charge in [-0.15, -0.1) is 0 Å². The first kappa shape index (κ1) is 10.0. The molecule has 0 spiro atoms. The van der Waals surface area contributed by atoms with E-state index in [0.717, 1.165) is 0 Å².